The summed E-state index contributed by atoms with van der Waals surface area (Å²) >= 11 is 1.21. The Balaban J connectivity index is 1.46. The number of rotatable bonds is 5. The summed E-state index contributed by atoms with van der Waals surface area (Å²) in [6.07, 6.45) is 1.40. The zero-order valence-corrected chi connectivity index (χ0v) is 20.9. The number of fused-ring (bicyclic) bond motifs is 1. The van der Waals surface area contributed by atoms with E-state index in [4.69, 9.17) is 9.59 Å². The molecule has 10 heteroatoms. The molecular formula is C26H20N4O4S2. The van der Waals surface area contributed by atoms with Crippen LogP contribution in [0.25, 0.3) is 6.08 Å². The van der Waals surface area contributed by atoms with Crippen LogP contribution in [0.15, 0.2) is 93.4 Å². The molecule has 2 aliphatic heterocycles. The van der Waals surface area contributed by atoms with Crippen molar-refractivity contribution in [3.8, 4) is 5.75 Å². The largest absolute Gasteiger partial charge is 0.378 e. The van der Waals surface area contributed by atoms with E-state index in [1.165, 1.54) is 41.0 Å². The van der Waals surface area contributed by atoms with Crippen molar-refractivity contribution >= 4 is 49.9 Å². The molecule has 1 N–H and O–H groups in total. The molecule has 3 aromatic carbocycles. The van der Waals surface area contributed by atoms with Crippen molar-refractivity contribution < 1.29 is 17.4 Å². The lowest BCUT2D eigenvalue weighted by atomic mass is 10.1. The minimum atomic E-state index is -4.11. The first-order valence-electron chi connectivity index (χ1n) is 10.9. The highest BCUT2D eigenvalue weighted by Gasteiger charge is 2.36. The Labute approximate surface area is 212 Å². The predicted octanol–water partition coefficient (Wildman–Crippen LogP) is 4.74. The van der Waals surface area contributed by atoms with Crippen LogP contribution in [0.2, 0.25) is 0 Å². The average molecular weight is 517 g/mol. The monoisotopic (exact) mass is 516 g/mol. The highest BCUT2D eigenvalue weighted by Crippen LogP contribution is 2.32. The van der Waals surface area contributed by atoms with Crippen molar-refractivity contribution in [3.63, 3.8) is 0 Å². The van der Waals surface area contributed by atoms with Crippen LogP contribution < -0.4 is 4.18 Å². The number of benzene rings is 3. The fourth-order valence-electron chi connectivity index (χ4n) is 3.51. The highest BCUT2D eigenvalue weighted by atomic mass is 32.2. The highest BCUT2D eigenvalue weighted by molar-refractivity contribution is 8.27. The molecule has 0 spiro atoms. The number of nitrogens with zero attached hydrogens (tertiary/aromatic N) is 3. The van der Waals surface area contributed by atoms with E-state index in [0.717, 1.165) is 16.7 Å². The van der Waals surface area contributed by atoms with E-state index in [-0.39, 0.29) is 22.1 Å². The molecule has 0 unspecified atom stereocenters. The first-order valence-corrected chi connectivity index (χ1v) is 13.1. The van der Waals surface area contributed by atoms with Gasteiger partial charge >= 0.3 is 10.1 Å². The van der Waals surface area contributed by atoms with Gasteiger partial charge in [0.05, 0.1) is 5.57 Å². The quantitative estimate of drug-likeness (QED) is 0.387. The molecule has 1 amide bonds. The molecular weight excluding hydrogens is 496 g/mol. The summed E-state index contributed by atoms with van der Waals surface area (Å²) in [6.45, 7) is 3.84. The number of carbonyl (C=O) groups is 1. The molecule has 0 saturated carbocycles. The van der Waals surface area contributed by atoms with Gasteiger partial charge in [0.25, 0.3) is 5.91 Å². The molecule has 0 aliphatic carbocycles. The smallest absolute Gasteiger partial charge is 0.339 e. The minimum absolute atomic E-state index is 0.0124. The SMILES string of the molecule is Cc1ccc(C2=NN3C(=N)C(=Cc4ccccc4OS(=O)(=O)c4ccc(C)cc4)C(=O)N=C3S2)cc1. The van der Waals surface area contributed by atoms with Gasteiger partial charge in [0.15, 0.2) is 5.84 Å². The number of aliphatic imine (C=N–C) groups is 1. The lowest BCUT2D eigenvalue weighted by Gasteiger charge is -2.20. The van der Waals surface area contributed by atoms with Crippen LogP contribution in [0.4, 0.5) is 0 Å². The number of hydrogen-bond acceptors (Lipinski definition) is 7. The molecule has 2 aliphatic rings. The second-order valence-corrected chi connectivity index (χ2v) is 10.7. The van der Waals surface area contributed by atoms with E-state index in [1.54, 1.807) is 30.3 Å². The second kappa shape index (κ2) is 9.21. The van der Waals surface area contributed by atoms with Gasteiger partial charge in [-0.3, -0.25) is 10.2 Å². The lowest BCUT2D eigenvalue weighted by molar-refractivity contribution is -0.114. The molecule has 0 aromatic heterocycles. The Kier molecular flexibility index (Phi) is 6.07. The van der Waals surface area contributed by atoms with Crippen LogP contribution in [0.5, 0.6) is 5.75 Å². The van der Waals surface area contributed by atoms with Gasteiger partial charge in [-0.2, -0.15) is 23.5 Å². The number of carbonyl (C=O) groups excluding carboxylic acids is 1. The predicted molar refractivity (Wildman–Crippen MR) is 141 cm³/mol. The Hall–Kier alpha value is -4.02. The fourth-order valence-corrected chi connectivity index (χ4v) is 5.36. The zero-order chi connectivity index (χ0) is 25.4. The first-order chi connectivity index (χ1) is 17.2. The van der Waals surface area contributed by atoms with Crippen molar-refractivity contribution in [1.82, 2.24) is 5.01 Å². The van der Waals surface area contributed by atoms with Gasteiger partial charge in [0, 0.05) is 11.1 Å². The Morgan fingerprint density at radius 1 is 0.944 bits per heavy atom. The summed E-state index contributed by atoms with van der Waals surface area (Å²) in [4.78, 5) is 17.0. The molecule has 0 radical (unpaired) electrons. The third kappa shape index (κ3) is 4.60. The van der Waals surface area contributed by atoms with Gasteiger partial charge in [-0.1, -0.05) is 65.7 Å². The van der Waals surface area contributed by atoms with Crippen LogP contribution >= 0.6 is 11.8 Å². The standard InChI is InChI=1S/C26H20N4O4S2/c1-16-7-11-18(12-8-16)25-29-30-23(27)21(24(31)28-26(30)35-25)15-19-5-3-4-6-22(19)34-36(32,33)20-13-9-17(2)10-14-20/h3-15,27H,1-2H3. The van der Waals surface area contributed by atoms with Gasteiger partial charge in [-0.15, -0.1) is 0 Å². The van der Waals surface area contributed by atoms with E-state index >= 15 is 0 Å². The molecule has 0 bridgehead atoms. The number of thioether (sulfide) groups is 1. The van der Waals surface area contributed by atoms with Gasteiger partial charge < -0.3 is 4.18 Å². The maximum Gasteiger partial charge on any atom is 0.339 e. The number of hydrazone groups is 1. The van der Waals surface area contributed by atoms with E-state index in [9.17, 15) is 13.2 Å². The van der Waals surface area contributed by atoms with E-state index in [2.05, 4.69) is 10.1 Å². The number of para-hydroxylation sites is 1. The molecule has 0 fully saturated rings. The maximum atomic E-state index is 12.8. The van der Waals surface area contributed by atoms with E-state index in [0.29, 0.717) is 15.8 Å². The third-order valence-electron chi connectivity index (χ3n) is 5.48. The molecule has 0 atom stereocenters. The van der Waals surface area contributed by atoms with Crippen LogP contribution in [0.1, 0.15) is 22.3 Å². The van der Waals surface area contributed by atoms with Crippen molar-refractivity contribution in [3.05, 3.63) is 101 Å². The second-order valence-electron chi connectivity index (χ2n) is 8.18. The topological polar surface area (TPSA) is 112 Å². The Morgan fingerprint density at radius 2 is 1.58 bits per heavy atom. The van der Waals surface area contributed by atoms with Crippen molar-refractivity contribution in [1.29, 1.82) is 5.41 Å². The Morgan fingerprint density at radius 3 is 2.28 bits per heavy atom. The number of hydrogen-bond donors (Lipinski definition) is 1. The van der Waals surface area contributed by atoms with Crippen LogP contribution in [0.3, 0.4) is 0 Å². The van der Waals surface area contributed by atoms with E-state index < -0.39 is 16.0 Å². The van der Waals surface area contributed by atoms with Gasteiger partial charge in [-0.05, 0) is 49.9 Å². The molecule has 3 aromatic rings. The van der Waals surface area contributed by atoms with Crippen LogP contribution in [-0.4, -0.2) is 35.4 Å². The zero-order valence-electron chi connectivity index (χ0n) is 19.3. The van der Waals surface area contributed by atoms with Crippen LogP contribution in [0, 0.1) is 19.3 Å². The molecule has 2 heterocycles. The number of aryl methyl sites for hydroxylation is 2. The van der Waals surface area contributed by atoms with Gasteiger partial charge in [0.1, 0.15) is 15.7 Å². The van der Waals surface area contributed by atoms with Gasteiger partial charge in [-0.25, -0.2) is 0 Å². The molecule has 180 valence electrons. The third-order valence-corrected chi connectivity index (χ3v) is 7.69. The maximum absolute atomic E-state index is 12.8. The number of amidine groups is 2. The molecule has 5 rings (SSSR count). The average Bonchev–Trinajstić information content (AvgIpc) is 3.27. The van der Waals surface area contributed by atoms with Crippen molar-refractivity contribution in [2.45, 2.75) is 18.7 Å². The van der Waals surface area contributed by atoms with Crippen molar-refractivity contribution in [2.24, 2.45) is 10.1 Å². The van der Waals surface area contributed by atoms with E-state index in [1.807, 2.05) is 38.1 Å². The number of nitrogens with one attached hydrogen (secondary N) is 1. The fraction of sp³-hybridized carbons (Fsp3) is 0.0769. The minimum Gasteiger partial charge on any atom is -0.378 e. The molecule has 0 saturated heterocycles. The summed E-state index contributed by atoms with van der Waals surface area (Å²) in [5.41, 5.74) is 3.16. The van der Waals surface area contributed by atoms with Crippen molar-refractivity contribution in [2.75, 3.05) is 0 Å². The summed E-state index contributed by atoms with van der Waals surface area (Å²) in [5, 5.41) is 15.3. The summed E-state index contributed by atoms with van der Waals surface area (Å²) < 4.78 is 31.1. The molecule has 8 nitrogen and oxygen atoms in total. The normalized spacial score (nSPS) is 16.6. The van der Waals surface area contributed by atoms with Gasteiger partial charge in [0.2, 0.25) is 5.17 Å². The molecule has 36 heavy (non-hydrogen) atoms. The number of amides is 1. The lowest BCUT2D eigenvalue weighted by Crippen LogP contribution is -2.35. The Bertz CT molecular complexity index is 1590. The summed E-state index contributed by atoms with van der Waals surface area (Å²) in [6, 6.07) is 20.5. The summed E-state index contributed by atoms with van der Waals surface area (Å²) in [7, 11) is -4.11. The first kappa shape index (κ1) is 23.7. The van der Waals surface area contributed by atoms with Crippen LogP contribution in [-0.2, 0) is 14.9 Å². The summed E-state index contributed by atoms with van der Waals surface area (Å²) in [5.74, 6) is -0.744.